The Morgan fingerprint density at radius 2 is 0.534 bits per heavy atom. The van der Waals surface area contributed by atoms with Crippen molar-refractivity contribution in [3.05, 3.63) is 130 Å². The van der Waals surface area contributed by atoms with Crippen molar-refractivity contribution < 1.29 is 133 Å². The maximum Gasteiger partial charge on any atom is 0.334 e. The Labute approximate surface area is 873 Å². The summed E-state index contributed by atoms with van der Waals surface area (Å²) >= 11 is 0. The summed E-state index contributed by atoms with van der Waals surface area (Å²) in [5, 5.41) is 172. The summed E-state index contributed by atoms with van der Waals surface area (Å²) in [4.78, 5) is 66.5. The van der Waals surface area contributed by atoms with Gasteiger partial charge >= 0.3 is 5.97 Å². The molecular weight excluding hydrogens is 1890 g/mol. The molecule has 14 N–H and O–H groups in total. The highest BCUT2D eigenvalue weighted by molar-refractivity contribution is 6.00. The van der Waals surface area contributed by atoms with Crippen LogP contribution in [0.1, 0.15) is 332 Å². The number of ether oxygens (including phenoxy) is 8. The molecule has 0 amide bonds. The zero-order chi connectivity index (χ0) is 108. The van der Waals surface area contributed by atoms with Gasteiger partial charge in [-0.2, -0.15) is 0 Å². The van der Waals surface area contributed by atoms with Gasteiger partial charge in [-0.15, -0.1) is 0 Å². The highest BCUT2D eigenvalue weighted by Crippen LogP contribution is 2.83. The van der Waals surface area contributed by atoms with Crippen LogP contribution in [0.5, 0.6) is 0 Å². The molecule has 0 aromatic carbocycles. The first-order chi connectivity index (χ1) is 68.7. The smallest absolute Gasteiger partial charge is 0.334 e. The Hall–Kier alpha value is -6.03. The highest BCUT2D eigenvalue weighted by Gasteiger charge is 2.91. The molecule has 8 aliphatic heterocycles. The molecule has 0 radical (unpaired) electrons. The van der Waals surface area contributed by atoms with Gasteiger partial charge in [-0.1, -0.05) is 95.7 Å². The lowest BCUT2D eigenvalue weighted by atomic mass is 9.41. The fraction of sp³-hybridized carbons (Fsp3) is 0.777. The number of allylic oxidation sites excluding steroid dienone is 7. The minimum atomic E-state index is -1.77. The predicted molar refractivity (Wildman–Crippen MR) is 547 cm³/mol. The van der Waals surface area contributed by atoms with E-state index in [0.717, 1.165) is 39.0 Å². The van der Waals surface area contributed by atoms with E-state index in [2.05, 4.69) is 40.5 Å². The first-order valence-electron chi connectivity index (χ1n) is 56.3. The van der Waals surface area contributed by atoms with E-state index in [1.807, 2.05) is 109 Å². The molecule has 4 saturated heterocycles. The van der Waals surface area contributed by atoms with E-state index in [1.54, 1.807) is 58.9 Å². The Balaban J connectivity index is 0.000000116. The van der Waals surface area contributed by atoms with Crippen molar-refractivity contribution in [1.29, 1.82) is 0 Å². The molecule has 16 aliphatic carbocycles. The Bertz CT molecular complexity index is 5260. The van der Waals surface area contributed by atoms with Crippen LogP contribution in [-0.2, 0) is 61.9 Å². The second-order valence-corrected chi connectivity index (χ2v) is 53.6. The van der Waals surface area contributed by atoms with E-state index in [1.165, 1.54) is 12.2 Å². The summed E-state index contributed by atoms with van der Waals surface area (Å²) in [5.41, 5.74) is -20.8. The Morgan fingerprint density at radius 1 is 0.318 bits per heavy atom. The van der Waals surface area contributed by atoms with E-state index >= 15 is 0 Å². The SMILES string of the molecule is C=C1O[C@@H]([C@](C)(O)[C@]2(O)CC[C@@]3(O)[C@@H]4C[C@H]5O[C@]56[C@@H](C)C=CC(=O)[C@]6(C)[C@H]4CC[C@]23CC)CC(C)=C1C.C=C1O[C@@H]([C@](C)(O)[C@]2(O)CC[C@@]3(O)[C@@H]4C[C@H]5O[C@]56[C@@H](O)C=CC(=O)[C@]6(C)[C@H]4CC[C@]23CC)CC(C)=C1C.C=C1O[C@@H]([C@](C)(O)[C@]2(O)CC[C@@]3(O)[C@@H]4C[C@H]5O[C@]56[C@H](O)C=CC(=O)[C@]6(C)[C@H]4CC[C@]23CC)CC(C)=C1C.CC[C@]12CC[C@H]3[C@@H](C[C@H]4O[C@]45[C@H](C)C=CC(=O)[C@]35C)[C@]1(O)CC[C@@]2(O)[C@@](C)(O)[C@H]1CC(C)=C(C)C(=O)O1. The van der Waals surface area contributed by atoms with Crippen molar-refractivity contribution in [3.63, 3.8) is 0 Å². The second-order valence-electron chi connectivity index (χ2n) is 53.6. The van der Waals surface area contributed by atoms with Crippen LogP contribution >= 0.6 is 0 Å². The van der Waals surface area contributed by atoms with Crippen molar-refractivity contribution in [3.8, 4) is 0 Å². The van der Waals surface area contributed by atoms with Crippen molar-refractivity contribution in [2.45, 2.75) is 483 Å². The molecule has 27 nitrogen and oxygen atoms in total. The summed E-state index contributed by atoms with van der Waals surface area (Å²) in [5.74, 6) is -0.168. The summed E-state index contributed by atoms with van der Waals surface area (Å²) in [6.07, 6.45) is 20.7. The van der Waals surface area contributed by atoms with Crippen molar-refractivity contribution in [2.24, 2.45) is 102 Å². The summed E-state index contributed by atoms with van der Waals surface area (Å²) in [6.45, 7) is 54.2. The average Bonchev–Trinajstić information content (AvgIpc) is 1.48. The molecular formula is C121H170O27. The first-order valence-corrected chi connectivity index (χ1v) is 56.3. The van der Waals surface area contributed by atoms with Crippen LogP contribution in [0.4, 0.5) is 0 Å². The number of esters is 1. The van der Waals surface area contributed by atoms with Crippen LogP contribution in [0.2, 0.25) is 0 Å². The molecule has 0 aromatic heterocycles. The van der Waals surface area contributed by atoms with Gasteiger partial charge in [0.2, 0.25) is 0 Å². The van der Waals surface area contributed by atoms with Gasteiger partial charge in [-0.3, -0.25) is 19.2 Å². The number of cyclic esters (lactones) is 1. The maximum atomic E-state index is 13.5. The topological polar surface area (TPSA) is 456 Å². The Morgan fingerprint density at radius 3 is 0.770 bits per heavy atom. The van der Waals surface area contributed by atoms with Crippen molar-refractivity contribution in [2.75, 3.05) is 0 Å². The van der Waals surface area contributed by atoms with Crippen LogP contribution < -0.4 is 0 Å². The minimum absolute atomic E-state index is 0.0401. The molecule has 4 spiro atoms. The number of aliphatic hydroxyl groups is 14. The number of epoxide rings is 4. The lowest BCUT2D eigenvalue weighted by Crippen LogP contribution is -2.74. The van der Waals surface area contributed by atoms with Crippen LogP contribution in [0.15, 0.2) is 130 Å². The highest BCUT2D eigenvalue weighted by atomic mass is 16.6. The number of hydrogen-bond donors (Lipinski definition) is 14. The molecule has 24 rings (SSSR count). The van der Waals surface area contributed by atoms with Gasteiger partial charge in [-0.05, 0) is 365 Å². The van der Waals surface area contributed by atoms with E-state index in [-0.39, 0.29) is 132 Å². The van der Waals surface area contributed by atoms with E-state index in [9.17, 15) is 95.5 Å². The van der Waals surface area contributed by atoms with Crippen LogP contribution in [0, 0.1) is 102 Å². The summed E-state index contributed by atoms with van der Waals surface area (Å²) in [7, 11) is 0. The average molecular weight is 2060 g/mol. The maximum absolute atomic E-state index is 13.5. The normalized spacial score (nSPS) is 54.0. The zero-order valence-corrected chi connectivity index (χ0v) is 91.7. The molecule has 16 fully saturated rings. The molecule has 8 heterocycles. The third-order valence-corrected chi connectivity index (χ3v) is 50.7. The van der Waals surface area contributed by atoms with Crippen molar-refractivity contribution >= 4 is 29.1 Å². The van der Waals surface area contributed by atoms with Crippen molar-refractivity contribution in [1.82, 2.24) is 0 Å². The quantitative estimate of drug-likeness (QED) is 0.0637. The lowest BCUT2D eigenvalue weighted by Gasteiger charge is -2.64. The number of carbonyl (C=O) groups excluding carboxylic acids is 5. The van der Waals surface area contributed by atoms with Gasteiger partial charge < -0.3 is 109 Å². The zero-order valence-electron chi connectivity index (χ0n) is 91.7. The van der Waals surface area contributed by atoms with Gasteiger partial charge in [0.05, 0.1) is 68.5 Å². The number of fused-ring (bicyclic) bond motifs is 16. The second kappa shape index (κ2) is 32.8. The number of rotatable bonds is 12. The molecule has 0 aromatic rings. The molecule has 148 heavy (non-hydrogen) atoms. The van der Waals surface area contributed by atoms with Gasteiger partial charge in [0, 0.05) is 64.8 Å². The molecule has 24 aliphatic rings. The van der Waals surface area contributed by atoms with Crippen LogP contribution in [0.25, 0.3) is 0 Å². The van der Waals surface area contributed by atoms with E-state index in [0.29, 0.717) is 177 Å². The van der Waals surface area contributed by atoms with Crippen LogP contribution in [0.3, 0.4) is 0 Å². The summed E-state index contributed by atoms with van der Waals surface area (Å²) < 4.78 is 49.2. The van der Waals surface area contributed by atoms with Crippen LogP contribution in [-0.4, -0.2) is 251 Å². The molecule has 27 heteroatoms. The monoisotopic (exact) mass is 2060 g/mol. The molecule has 44 atom stereocenters. The van der Waals surface area contributed by atoms with Gasteiger partial charge in [-0.25, -0.2) is 4.79 Å². The minimum Gasteiger partial charge on any atom is -0.487 e. The largest absolute Gasteiger partial charge is 0.487 e. The lowest BCUT2D eigenvalue weighted by molar-refractivity contribution is -0.289. The van der Waals surface area contributed by atoms with Gasteiger partial charge in [0.15, 0.2) is 23.1 Å². The number of hydrogen-bond acceptors (Lipinski definition) is 27. The van der Waals surface area contributed by atoms with Gasteiger partial charge in [0.25, 0.3) is 0 Å². The number of ketones is 4. The van der Waals surface area contributed by atoms with E-state index < -0.39 is 176 Å². The molecule has 0 unspecified atom stereocenters. The fourth-order valence-electron chi connectivity index (χ4n) is 40.9. The van der Waals surface area contributed by atoms with Gasteiger partial charge in [0.1, 0.15) is 121 Å². The Kier molecular flexibility index (Phi) is 23.9. The fourth-order valence-corrected chi connectivity index (χ4v) is 40.9. The third-order valence-electron chi connectivity index (χ3n) is 50.7. The molecule has 0 bridgehead atoms. The molecule has 816 valence electrons. The third kappa shape index (κ3) is 12.0. The first kappa shape index (κ1) is 108. The number of carbonyl (C=O) groups is 5. The van der Waals surface area contributed by atoms with E-state index in [4.69, 9.17) is 37.9 Å². The summed E-state index contributed by atoms with van der Waals surface area (Å²) in [6, 6.07) is 0. The predicted octanol–water partition coefficient (Wildman–Crippen LogP) is 14.0. The number of aliphatic hydroxyl groups excluding tert-OH is 2. The standard InChI is InChI=1S/C31H44O6.3C30H42O7/c1-8-28-12-11-21-22(16-25-31(37-25)18(3)9-10-23(32)26(21,31)6)29(28,34)13-14-30(28,35)27(7,33)24-15-17(2)19(4)20(5)36-24;2*1-7-27-11-10-19-20(15-24-30(37-24)22(32)9-8-21(31)25(19,30)5)28(27,34)12-13-29(27,35)26(6,33)23-14-16(2)17(3)18(4)36-23;1-7-27-11-10-19-20(15-23-30(37-23)17(3)8-9-21(31)25(19,30)5)28(27,34)12-13-29(27,35)26(6,33)22-14-16(2)18(4)24(32)36-22/h9-10,18,21-22,24-25,33-35H,5,8,11-16H2,1-4,6-7H3;2*8-9,19-20,22-24,32-35H,4,7,10-15H2,1-3,5-6H3;8-9,17,19-20,22-23,33-35H,7,10-15H2,1-6H3/t18-,21-,22+,24+,25+,26-,27-,28-,29+,30+,31+;19-,20+,22+,23+,24+,25-,26-,27-,28+,29+,30+;19-,20+,22-,23+,24+,25-,26-,27-,28+,29+,30+;17-,19+,20-,22-,23-,25+,26+,27+,28-,29-,30-/m0001/s1. The molecule has 12 saturated carbocycles.